The predicted octanol–water partition coefficient (Wildman–Crippen LogP) is 9.17. The number of allylic oxidation sites excluding steroid dienone is 5. The van der Waals surface area contributed by atoms with Gasteiger partial charge in [-0.1, -0.05) is 115 Å². The Balaban J connectivity index is 1.47. The van der Waals surface area contributed by atoms with E-state index in [1.165, 1.54) is 6.07 Å². The summed E-state index contributed by atoms with van der Waals surface area (Å²) in [6.07, 6.45) is 11.1. The fourth-order valence-electron chi connectivity index (χ4n) is 6.84. The van der Waals surface area contributed by atoms with Crippen molar-refractivity contribution in [2.24, 2.45) is 11.8 Å². The molecule has 5 rings (SSSR count). The molecule has 4 aromatic carbocycles. The third kappa shape index (κ3) is 10.2. The molecule has 1 aliphatic rings. The van der Waals surface area contributed by atoms with Crippen molar-refractivity contribution >= 4 is 32.8 Å². The molecule has 0 heterocycles. The molecule has 0 fully saturated rings. The van der Waals surface area contributed by atoms with E-state index in [0.29, 0.717) is 12.2 Å². The number of hydrogen-bond donors (Lipinski definition) is 1. The molecule has 1 aliphatic carbocycles. The van der Waals surface area contributed by atoms with E-state index in [2.05, 4.69) is 17.5 Å². The second kappa shape index (κ2) is 18.0. The first-order valence-electron chi connectivity index (χ1n) is 18.5. The average Bonchev–Trinajstić information content (AvgIpc) is 3.17. The smallest absolute Gasteiger partial charge is 0.323 e. The van der Waals surface area contributed by atoms with E-state index in [9.17, 15) is 18.0 Å². The van der Waals surface area contributed by atoms with Gasteiger partial charge in [-0.05, 0) is 100 Å². The molecule has 0 aromatic heterocycles. The quantitative estimate of drug-likeness (QED) is 0.0523. The van der Waals surface area contributed by atoms with Gasteiger partial charge in [-0.25, -0.2) is 0 Å². The van der Waals surface area contributed by atoms with Gasteiger partial charge in [0.25, 0.3) is 10.1 Å². The minimum atomic E-state index is -4.07. The van der Waals surface area contributed by atoms with E-state index in [1.54, 1.807) is 32.1 Å². The fourth-order valence-corrected chi connectivity index (χ4v) is 7.82. The second-order valence-electron chi connectivity index (χ2n) is 14.6. The summed E-state index contributed by atoms with van der Waals surface area (Å²) < 4.78 is 43.7. The van der Waals surface area contributed by atoms with Crippen LogP contribution in [-0.4, -0.2) is 38.6 Å². The summed E-state index contributed by atoms with van der Waals surface area (Å²) in [4.78, 5) is 28.3. The van der Waals surface area contributed by atoms with Crippen LogP contribution in [0.25, 0.3) is 10.8 Å². The summed E-state index contributed by atoms with van der Waals surface area (Å²) in [5.74, 6) is -1.54. The van der Waals surface area contributed by atoms with E-state index in [-0.39, 0.29) is 36.7 Å². The van der Waals surface area contributed by atoms with Crippen LogP contribution in [0.4, 0.5) is 0 Å². The first-order chi connectivity index (χ1) is 25.8. The average molecular weight is 750 g/mol. The third-order valence-electron chi connectivity index (χ3n) is 9.55. The molecule has 0 aliphatic heterocycles. The van der Waals surface area contributed by atoms with E-state index in [1.807, 2.05) is 118 Å². The van der Waals surface area contributed by atoms with Crippen molar-refractivity contribution in [1.82, 2.24) is 5.32 Å². The molecule has 1 N–H and O–H groups in total. The first kappa shape index (κ1) is 40.4. The molecule has 4 aromatic rings. The lowest BCUT2D eigenvalue weighted by molar-refractivity contribution is -0.159. The van der Waals surface area contributed by atoms with Gasteiger partial charge in [-0.2, -0.15) is 8.42 Å². The highest BCUT2D eigenvalue weighted by atomic mass is 32.2. The van der Waals surface area contributed by atoms with Crippen LogP contribution in [0.3, 0.4) is 0 Å². The molecule has 9 heteroatoms. The Hall–Kier alpha value is -4.83. The van der Waals surface area contributed by atoms with Crippen molar-refractivity contribution in [3.8, 4) is 0 Å². The van der Waals surface area contributed by atoms with Gasteiger partial charge in [0.15, 0.2) is 0 Å². The number of nitrogens with one attached hydrogen (secondary N) is 1. The van der Waals surface area contributed by atoms with Crippen molar-refractivity contribution < 1.29 is 31.7 Å². The number of hydrogen-bond acceptors (Lipinski definition) is 8. The zero-order chi connectivity index (χ0) is 38.8. The minimum absolute atomic E-state index is 0.0237. The number of carbonyl (C=O) groups is 2. The van der Waals surface area contributed by atoms with Crippen LogP contribution in [-0.2, 0) is 38.9 Å². The lowest BCUT2D eigenvalue weighted by Crippen LogP contribution is -2.57. The Kier molecular flexibility index (Phi) is 13.5. The highest BCUT2D eigenvalue weighted by Crippen LogP contribution is 2.42. The highest BCUT2D eigenvalue weighted by molar-refractivity contribution is 7.86. The third-order valence-corrected chi connectivity index (χ3v) is 10.9. The SMILES string of the molecule is C/C=C(\C)OC(=O)[C@@H](CCCOS(=O)(=O)c1ccc2ccccc2c1)C[C@H](NC(c1ccccc1)(c1ccccc1)C1C=CC=CC1)C(=O)OC(C)(C)C. The van der Waals surface area contributed by atoms with Gasteiger partial charge in [-0.15, -0.1) is 0 Å². The molecule has 0 bridgehead atoms. The van der Waals surface area contributed by atoms with Crippen molar-refractivity contribution in [2.45, 2.75) is 82.4 Å². The molecule has 0 saturated carbocycles. The van der Waals surface area contributed by atoms with Gasteiger partial charge in [-0.3, -0.25) is 19.1 Å². The molecule has 0 spiro atoms. The van der Waals surface area contributed by atoms with Crippen LogP contribution in [0.1, 0.15) is 71.4 Å². The second-order valence-corrected chi connectivity index (χ2v) is 16.2. The highest BCUT2D eigenvalue weighted by Gasteiger charge is 2.45. The number of carbonyl (C=O) groups excluding carboxylic acids is 2. The lowest BCUT2D eigenvalue weighted by atomic mass is 9.70. The Morgan fingerprint density at radius 2 is 1.48 bits per heavy atom. The minimum Gasteiger partial charge on any atom is -0.459 e. The van der Waals surface area contributed by atoms with Gasteiger partial charge < -0.3 is 9.47 Å². The first-order valence-corrected chi connectivity index (χ1v) is 19.9. The maximum Gasteiger partial charge on any atom is 0.323 e. The summed E-state index contributed by atoms with van der Waals surface area (Å²) in [5, 5.41) is 5.49. The van der Waals surface area contributed by atoms with E-state index in [4.69, 9.17) is 13.7 Å². The molecule has 54 heavy (non-hydrogen) atoms. The molecule has 0 radical (unpaired) electrons. The Morgan fingerprint density at radius 1 is 0.852 bits per heavy atom. The fraction of sp³-hybridized carbons (Fsp3) is 0.333. The summed E-state index contributed by atoms with van der Waals surface area (Å²) in [7, 11) is -4.07. The molecule has 1 unspecified atom stereocenters. The zero-order valence-corrected chi connectivity index (χ0v) is 32.6. The Bertz CT molecular complexity index is 2040. The van der Waals surface area contributed by atoms with Crippen LogP contribution in [0.2, 0.25) is 0 Å². The lowest BCUT2D eigenvalue weighted by Gasteiger charge is -2.44. The van der Waals surface area contributed by atoms with Gasteiger partial charge in [0.2, 0.25) is 0 Å². The standard InChI is InChI=1S/C45H51NO7S/c1-6-33(2)52-42(47)36(21-18-30-51-54(49,50)40-29-28-34-19-16-17-20-35(34)31-40)32-41(43(48)53-44(3,4)5)46-45(37-22-10-7-11-23-37,38-24-12-8-13-25-38)39-26-14-9-15-27-39/h6-17,19-20,22-26,28-29,31,36,39,41,46H,18,21,27,30,32H2,1-5H3/b33-6+/t36-,39?,41-/m0/s1. The molecular weight excluding hydrogens is 699 g/mol. The van der Waals surface area contributed by atoms with Crippen molar-refractivity contribution in [1.29, 1.82) is 0 Å². The maximum absolute atomic E-state index is 14.3. The van der Waals surface area contributed by atoms with Crippen LogP contribution >= 0.6 is 0 Å². The summed E-state index contributed by atoms with van der Waals surface area (Å²) in [6, 6.07) is 31.4. The van der Waals surface area contributed by atoms with Crippen molar-refractivity contribution in [3.63, 3.8) is 0 Å². The Labute approximate surface area is 320 Å². The van der Waals surface area contributed by atoms with Crippen molar-refractivity contribution in [2.75, 3.05) is 6.61 Å². The van der Waals surface area contributed by atoms with Gasteiger partial charge in [0.05, 0.1) is 23.0 Å². The molecular formula is C45H51NO7S. The molecule has 8 nitrogen and oxygen atoms in total. The topological polar surface area (TPSA) is 108 Å². The van der Waals surface area contributed by atoms with Crippen LogP contribution in [0, 0.1) is 11.8 Å². The zero-order valence-electron chi connectivity index (χ0n) is 31.7. The molecule has 284 valence electrons. The summed E-state index contributed by atoms with van der Waals surface area (Å²) in [5.41, 5.74) is 0.183. The van der Waals surface area contributed by atoms with E-state index in [0.717, 1.165) is 21.9 Å². The molecule has 0 amide bonds. The van der Waals surface area contributed by atoms with Gasteiger partial charge in [0.1, 0.15) is 17.4 Å². The van der Waals surface area contributed by atoms with Crippen LogP contribution < -0.4 is 5.32 Å². The largest absolute Gasteiger partial charge is 0.459 e. The number of ether oxygens (including phenoxy) is 2. The monoisotopic (exact) mass is 749 g/mol. The molecule has 3 atom stereocenters. The number of esters is 2. The summed E-state index contributed by atoms with van der Waals surface area (Å²) >= 11 is 0. The number of benzene rings is 4. The van der Waals surface area contributed by atoms with Gasteiger partial charge >= 0.3 is 11.9 Å². The predicted molar refractivity (Wildman–Crippen MR) is 213 cm³/mol. The molecule has 0 saturated heterocycles. The summed E-state index contributed by atoms with van der Waals surface area (Å²) in [6.45, 7) is 8.74. The van der Waals surface area contributed by atoms with Crippen LogP contribution in [0.15, 0.2) is 144 Å². The van der Waals surface area contributed by atoms with E-state index >= 15 is 0 Å². The number of fused-ring (bicyclic) bond motifs is 1. The van der Waals surface area contributed by atoms with Crippen LogP contribution in [0.5, 0.6) is 0 Å². The normalized spacial score (nSPS) is 16.2. The Morgan fingerprint density at radius 3 is 2.07 bits per heavy atom. The van der Waals surface area contributed by atoms with E-state index < -0.39 is 45.2 Å². The maximum atomic E-state index is 14.3. The number of rotatable bonds is 16. The van der Waals surface area contributed by atoms with Crippen molar-refractivity contribution in [3.05, 3.63) is 150 Å². The van der Waals surface area contributed by atoms with Gasteiger partial charge in [0, 0.05) is 5.92 Å².